The second-order valence-corrected chi connectivity index (χ2v) is 11.6. The monoisotopic (exact) mass is 519 g/mol. The third-order valence-corrected chi connectivity index (χ3v) is 8.45. The summed E-state index contributed by atoms with van der Waals surface area (Å²) in [6, 6.07) is 17.2. The fourth-order valence-electron chi connectivity index (χ4n) is 6.25. The lowest BCUT2D eigenvalue weighted by Crippen LogP contribution is -2.50. The number of benzene rings is 3. The third kappa shape index (κ3) is 4.48. The van der Waals surface area contributed by atoms with Crippen LogP contribution in [0, 0.1) is 25.7 Å². The Morgan fingerprint density at radius 3 is 2.54 bits per heavy atom. The number of fused-ring (bicyclic) bond motifs is 2. The van der Waals surface area contributed by atoms with Crippen LogP contribution in [-0.2, 0) is 4.74 Å². The zero-order chi connectivity index (χ0) is 27.3. The van der Waals surface area contributed by atoms with Gasteiger partial charge in [0.25, 0.3) is 0 Å². The molecule has 5 heteroatoms. The molecule has 1 saturated heterocycles. The second kappa shape index (κ2) is 9.79. The van der Waals surface area contributed by atoms with E-state index in [0.29, 0.717) is 0 Å². The van der Waals surface area contributed by atoms with Crippen LogP contribution in [0.5, 0.6) is 0 Å². The fourth-order valence-corrected chi connectivity index (χ4v) is 6.25. The molecule has 39 heavy (non-hydrogen) atoms. The molecule has 0 aliphatic carbocycles. The van der Waals surface area contributed by atoms with Crippen molar-refractivity contribution in [2.24, 2.45) is 0 Å². The van der Waals surface area contributed by atoms with Crippen molar-refractivity contribution in [2.75, 3.05) is 36.5 Å². The average molecular weight is 520 g/mol. The van der Waals surface area contributed by atoms with Crippen LogP contribution in [0.1, 0.15) is 54.5 Å². The van der Waals surface area contributed by atoms with Crippen LogP contribution in [0.3, 0.4) is 0 Å². The van der Waals surface area contributed by atoms with Crippen molar-refractivity contribution in [3.05, 3.63) is 82.5 Å². The number of aromatic nitrogens is 1. The molecule has 4 aromatic rings. The van der Waals surface area contributed by atoms with Gasteiger partial charge >= 0.3 is 0 Å². The van der Waals surface area contributed by atoms with Crippen LogP contribution < -0.4 is 10.2 Å². The van der Waals surface area contributed by atoms with Gasteiger partial charge in [-0.3, -0.25) is 0 Å². The van der Waals surface area contributed by atoms with E-state index in [2.05, 4.69) is 116 Å². The number of hydrogen-bond donors (Lipinski definition) is 3. The topological polar surface area (TPSA) is 60.5 Å². The van der Waals surface area contributed by atoms with Crippen LogP contribution in [0.2, 0.25) is 0 Å². The van der Waals surface area contributed by atoms with Gasteiger partial charge in [-0.05, 0) is 68.7 Å². The lowest BCUT2D eigenvalue weighted by molar-refractivity contribution is 0.0868. The van der Waals surface area contributed by atoms with E-state index in [4.69, 9.17) is 4.74 Å². The lowest BCUT2D eigenvalue weighted by Gasteiger charge is -2.43. The number of aryl methyl sites for hydroxylation is 2. The highest BCUT2D eigenvalue weighted by Crippen LogP contribution is 2.46. The first kappa shape index (κ1) is 25.6. The molecule has 0 bridgehead atoms. The Morgan fingerprint density at radius 2 is 1.74 bits per heavy atom. The van der Waals surface area contributed by atoms with E-state index in [0.717, 1.165) is 70.9 Å². The number of aliphatic hydroxyl groups excluding tert-OH is 1. The number of anilines is 2. The molecule has 200 valence electrons. The quantitative estimate of drug-likeness (QED) is 0.270. The third-order valence-electron chi connectivity index (χ3n) is 8.45. The van der Waals surface area contributed by atoms with Gasteiger partial charge in [0, 0.05) is 64.2 Å². The summed E-state index contributed by atoms with van der Waals surface area (Å²) in [6.07, 6.45) is 1.52. The van der Waals surface area contributed by atoms with Crippen LogP contribution in [-0.4, -0.2) is 48.0 Å². The highest BCUT2D eigenvalue weighted by molar-refractivity contribution is 5.98. The predicted molar refractivity (Wildman–Crippen MR) is 161 cm³/mol. The summed E-state index contributed by atoms with van der Waals surface area (Å²) in [5, 5.41) is 16.2. The summed E-state index contributed by atoms with van der Waals surface area (Å²) in [6.45, 7) is 13.8. The first-order valence-electron chi connectivity index (χ1n) is 13.9. The fraction of sp³-hybridized carbons (Fsp3) is 0.353. The van der Waals surface area contributed by atoms with Gasteiger partial charge in [-0.2, -0.15) is 0 Å². The van der Waals surface area contributed by atoms with E-state index in [1.54, 1.807) is 0 Å². The van der Waals surface area contributed by atoms with Gasteiger partial charge < -0.3 is 25.0 Å². The molecule has 5 nitrogen and oxygen atoms in total. The second-order valence-electron chi connectivity index (χ2n) is 11.6. The van der Waals surface area contributed by atoms with Crippen molar-refractivity contribution in [1.29, 1.82) is 0 Å². The molecule has 1 fully saturated rings. The molecule has 3 heterocycles. The number of H-pyrrole nitrogens is 1. The minimum atomic E-state index is -0.548. The first-order valence-corrected chi connectivity index (χ1v) is 13.9. The van der Waals surface area contributed by atoms with Crippen LogP contribution >= 0.6 is 0 Å². The highest BCUT2D eigenvalue weighted by atomic mass is 16.5. The SMILES string of the molecule is Cc1cc(-c2cccc3c(C)c[nH]c23)c(C#Cc2cccc(N3CCOCC3)c2)c2c1NC(C)(C)[C@@H](O)[C@@H]2C. The molecule has 0 unspecified atom stereocenters. The largest absolute Gasteiger partial charge is 0.390 e. The minimum Gasteiger partial charge on any atom is -0.390 e. The van der Waals surface area contributed by atoms with Crippen molar-refractivity contribution >= 4 is 22.3 Å². The molecule has 0 amide bonds. The molecule has 3 N–H and O–H groups in total. The lowest BCUT2D eigenvalue weighted by atomic mass is 9.75. The Bertz CT molecular complexity index is 1610. The number of aliphatic hydroxyl groups is 1. The van der Waals surface area contributed by atoms with Gasteiger partial charge in [0.1, 0.15) is 0 Å². The van der Waals surface area contributed by atoms with E-state index in [-0.39, 0.29) is 5.92 Å². The molecule has 2 atom stereocenters. The molecule has 1 aromatic heterocycles. The van der Waals surface area contributed by atoms with E-state index < -0.39 is 11.6 Å². The molecular weight excluding hydrogens is 482 g/mol. The maximum absolute atomic E-state index is 11.3. The van der Waals surface area contributed by atoms with E-state index >= 15 is 0 Å². The van der Waals surface area contributed by atoms with Crippen LogP contribution in [0.4, 0.5) is 11.4 Å². The number of para-hydroxylation sites is 1. The van der Waals surface area contributed by atoms with Gasteiger partial charge in [0.05, 0.1) is 30.4 Å². The van der Waals surface area contributed by atoms with Crippen molar-refractivity contribution < 1.29 is 9.84 Å². The van der Waals surface area contributed by atoms with Gasteiger partial charge in [-0.25, -0.2) is 0 Å². The molecule has 2 aliphatic rings. The Balaban J connectivity index is 1.55. The Hall–Kier alpha value is -3.72. The molecular formula is C34H37N3O2. The van der Waals surface area contributed by atoms with Crippen molar-refractivity contribution in [3.8, 4) is 23.0 Å². The number of rotatable bonds is 2. The number of aromatic amines is 1. The summed E-state index contributed by atoms with van der Waals surface area (Å²) >= 11 is 0. The number of hydrogen-bond acceptors (Lipinski definition) is 4. The Kier molecular flexibility index (Phi) is 6.41. The standard InChI is InChI=1S/C34H37N3O2/c1-21-18-29(28-11-7-10-26-22(2)20-35-32(26)28)27(30-23(3)33(38)34(4,5)36-31(21)30)13-12-24-8-6-9-25(19-24)37-14-16-39-17-15-37/h6-11,18-20,23,33,35-36,38H,14-17H2,1-5H3/t23-,33+/m1/s1. The maximum atomic E-state index is 11.3. The summed E-state index contributed by atoms with van der Waals surface area (Å²) in [5.74, 6) is 7.03. The van der Waals surface area contributed by atoms with Crippen molar-refractivity contribution in [2.45, 2.75) is 52.2 Å². The summed E-state index contributed by atoms with van der Waals surface area (Å²) in [7, 11) is 0. The maximum Gasteiger partial charge on any atom is 0.0831 e. The number of ether oxygens (including phenoxy) is 1. The van der Waals surface area contributed by atoms with E-state index in [9.17, 15) is 5.11 Å². The van der Waals surface area contributed by atoms with Crippen LogP contribution in [0.25, 0.3) is 22.0 Å². The molecule has 0 saturated carbocycles. The minimum absolute atomic E-state index is 0.0801. The highest BCUT2D eigenvalue weighted by Gasteiger charge is 2.40. The molecule has 0 radical (unpaired) electrons. The molecule has 2 aliphatic heterocycles. The Morgan fingerprint density at radius 1 is 0.974 bits per heavy atom. The van der Waals surface area contributed by atoms with Gasteiger partial charge in [0.2, 0.25) is 0 Å². The number of morpholine rings is 1. The molecule has 6 rings (SSSR count). The smallest absolute Gasteiger partial charge is 0.0831 e. The van der Waals surface area contributed by atoms with Crippen molar-refractivity contribution in [3.63, 3.8) is 0 Å². The normalized spacial score (nSPS) is 20.2. The van der Waals surface area contributed by atoms with Crippen molar-refractivity contribution in [1.82, 2.24) is 4.98 Å². The number of nitrogens with zero attached hydrogens (tertiary/aromatic N) is 1. The summed E-state index contributed by atoms with van der Waals surface area (Å²) < 4.78 is 5.54. The average Bonchev–Trinajstić information content (AvgIpc) is 3.33. The van der Waals surface area contributed by atoms with Gasteiger partial charge in [-0.15, -0.1) is 0 Å². The predicted octanol–water partition coefficient (Wildman–Crippen LogP) is 6.36. The Labute approximate surface area is 231 Å². The molecule has 0 spiro atoms. The van der Waals surface area contributed by atoms with Gasteiger partial charge in [-0.1, -0.05) is 43.0 Å². The van der Waals surface area contributed by atoms with Gasteiger partial charge in [0.15, 0.2) is 0 Å². The van der Waals surface area contributed by atoms with E-state index in [1.165, 1.54) is 16.6 Å². The zero-order valence-corrected chi connectivity index (χ0v) is 23.5. The zero-order valence-electron chi connectivity index (χ0n) is 23.5. The van der Waals surface area contributed by atoms with E-state index in [1.807, 2.05) is 0 Å². The van der Waals surface area contributed by atoms with Crippen LogP contribution in [0.15, 0.2) is 54.7 Å². The molecule has 3 aromatic carbocycles. The summed E-state index contributed by atoms with van der Waals surface area (Å²) in [4.78, 5) is 5.86. The summed E-state index contributed by atoms with van der Waals surface area (Å²) in [5.41, 5.74) is 10.6. The number of nitrogens with one attached hydrogen (secondary N) is 2. The first-order chi connectivity index (χ1) is 18.7.